The van der Waals surface area contributed by atoms with E-state index in [-0.39, 0.29) is 0 Å². The molecule has 1 aromatic heterocycles. The summed E-state index contributed by atoms with van der Waals surface area (Å²) in [4.78, 5) is 9.46. The Morgan fingerprint density at radius 2 is 1.81 bits per heavy atom. The van der Waals surface area contributed by atoms with Crippen LogP contribution in [0.2, 0.25) is 0 Å². The molecule has 2 atom stereocenters. The van der Waals surface area contributed by atoms with Crippen LogP contribution in [-0.4, -0.2) is 46.0 Å². The van der Waals surface area contributed by atoms with Gasteiger partial charge in [0.05, 0.1) is 5.69 Å². The molecule has 2 rings (SSSR count). The van der Waals surface area contributed by atoms with E-state index in [1.807, 2.05) is 0 Å². The molecule has 0 aliphatic carbocycles. The van der Waals surface area contributed by atoms with Crippen molar-refractivity contribution in [1.82, 2.24) is 19.4 Å². The first-order valence-electron chi connectivity index (χ1n) is 5.85. The number of hydrogen-bond donors (Lipinski definition) is 0. The van der Waals surface area contributed by atoms with E-state index in [1.165, 1.54) is 5.69 Å². The van der Waals surface area contributed by atoms with Gasteiger partial charge in [0.2, 0.25) is 0 Å². The molecule has 2 unspecified atom stereocenters. The van der Waals surface area contributed by atoms with Crippen LogP contribution >= 0.6 is 0 Å². The van der Waals surface area contributed by atoms with Gasteiger partial charge in [-0.2, -0.15) is 0 Å². The van der Waals surface area contributed by atoms with Gasteiger partial charge < -0.3 is 4.57 Å². The van der Waals surface area contributed by atoms with Gasteiger partial charge in [0.25, 0.3) is 0 Å². The summed E-state index contributed by atoms with van der Waals surface area (Å²) in [6, 6.07) is 0.590. The Balaban J connectivity index is 2.40. The third-order valence-electron chi connectivity index (χ3n) is 3.93. The molecule has 1 aliphatic rings. The summed E-state index contributed by atoms with van der Waals surface area (Å²) in [6.45, 7) is 7.58. The second-order valence-electron chi connectivity index (χ2n) is 5.03. The minimum absolute atomic E-state index is 0.312. The standard InChI is InChI=1S/C12H22N4/c1-8-7-14(4)12(15(8)5)11-13-9(2)10(3)16(11)6/h8,12H,7H2,1-6H3. The van der Waals surface area contributed by atoms with Crippen LogP contribution in [0.15, 0.2) is 0 Å². The van der Waals surface area contributed by atoms with Crippen LogP contribution in [0, 0.1) is 13.8 Å². The first kappa shape index (κ1) is 11.6. The lowest BCUT2D eigenvalue weighted by atomic mass is 10.3. The molecule has 16 heavy (non-hydrogen) atoms. The zero-order chi connectivity index (χ0) is 12.0. The summed E-state index contributed by atoms with van der Waals surface area (Å²) in [7, 11) is 6.46. The average molecular weight is 222 g/mol. The molecular formula is C12H22N4. The fourth-order valence-corrected chi connectivity index (χ4v) is 2.55. The summed E-state index contributed by atoms with van der Waals surface area (Å²) in [6.07, 6.45) is 0.312. The van der Waals surface area contributed by atoms with Crippen LogP contribution in [0.25, 0.3) is 0 Å². The van der Waals surface area contributed by atoms with Crippen LogP contribution in [-0.2, 0) is 7.05 Å². The van der Waals surface area contributed by atoms with Crippen LogP contribution in [0.4, 0.5) is 0 Å². The van der Waals surface area contributed by atoms with Crippen molar-refractivity contribution in [3.8, 4) is 0 Å². The fraction of sp³-hybridized carbons (Fsp3) is 0.750. The number of aromatic nitrogens is 2. The van der Waals surface area contributed by atoms with E-state index in [9.17, 15) is 0 Å². The molecule has 4 heteroatoms. The first-order chi connectivity index (χ1) is 7.43. The van der Waals surface area contributed by atoms with Crippen molar-refractivity contribution in [2.75, 3.05) is 20.6 Å². The highest BCUT2D eigenvalue weighted by molar-refractivity contribution is 5.16. The van der Waals surface area contributed by atoms with Gasteiger partial charge in [-0.25, -0.2) is 4.98 Å². The number of rotatable bonds is 1. The van der Waals surface area contributed by atoms with Crippen LogP contribution in [0.5, 0.6) is 0 Å². The third kappa shape index (κ3) is 1.57. The largest absolute Gasteiger partial charge is 0.333 e. The topological polar surface area (TPSA) is 24.3 Å². The lowest BCUT2D eigenvalue weighted by Crippen LogP contribution is -2.30. The second-order valence-corrected chi connectivity index (χ2v) is 5.03. The number of nitrogens with zero attached hydrogens (tertiary/aromatic N) is 4. The molecule has 1 aliphatic heterocycles. The maximum absolute atomic E-state index is 4.71. The maximum Gasteiger partial charge on any atom is 0.141 e. The molecule has 90 valence electrons. The summed E-state index contributed by atoms with van der Waals surface area (Å²) in [5.41, 5.74) is 2.40. The van der Waals surface area contributed by atoms with E-state index in [0.717, 1.165) is 18.1 Å². The van der Waals surface area contributed by atoms with Crippen LogP contribution in [0.1, 0.15) is 30.3 Å². The zero-order valence-electron chi connectivity index (χ0n) is 11.2. The van der Waals surface area contributed by atoms with Gasteiger partial charge >= 0.3 is 0 Å². The van der Waals surface area contributed by atoms with E-state index in [2.05, 4.69) is 56.3 Å². The highest BCUT2D eigenvalue weighted by Crippen LogP contribution is 2.30. The molecule has 4 nitrogen and oxygen atoms in total. The number of likely N-dealkylation sites (N-methyl/N-ethyl adjacent to an activating group) is 2. The molecular weight excluding hydrogens is 200 g/mol. The summed E-state index contributed by atoms with van der Waals surface area (Å²) in [5, 5.41) is 0. The molecule has 1 aromatic rings. The monoisotopic (exact) mass is 222 g/mol. The quantitative estimate of drug-likeness (QED) is 0.716. The summed E-state index contributed by atoms with van der Waals surface area (Å²) in [5.74, 6) is 1.16. The Labute approximate surface area is 97.9 Å². The van der Waals surface area contributed by atoms with E-state index in [4.69, 9.17) is 4.98 Å². The molecule has 0 aromatic carbocycles. The van der Waals surface area contributed by atoms with Crippen molar-refractivity contribution in [3.05, 3.63) is 17.2 Å². The average Bonchev–Trinajstić information content (AvgIpc) is 2.60. The highest BCUT2D eigenvalue weighted by atomic mass is 15.4. The third-order valence-corrected chi connectivity index (χ3v) is 3.93. The zero-order valence-corrected chi connectivity index (χ0v) is 11.2. The molecule has 0 amide bonds. The van der Waals surface area contributed by atoms with Crippen molar-refractivity contribution in [2.45, 2.75) is 33.0 Å². The Hall–Kier alpha value is -0.870. The molecule has 2 heterocycles. The van der Waals surface area contributed by atoms with Crippen LogP contribution in [0.3, 0.4) is 0 Å². The second kappa shape index (κ2) is 3.86. The van der Waals surface area contributed by atoms with Gasteiger partial charge in [-0.3, -0.25) is 9.80 Å². The molecule has 0 spiro atoms. The maximum atomic E-state index is 4.71. The van der Waals surface area contributed by atoms with Crippen LogP contribution < -0.4 is 0 Å². The molecule has 0 N–H and O–H groups in total. The van der Waals surface area contributed by atoms with Gasteiger partial charge in [0.1, 0.15) is 12.0 Å². The highest BCUT2D eigenvalue weighted by Gasteiger charge is 2.36. The van der Waals surface area contributed by atoms with Crippen molar-refractivity contribution in [2.24, 2.45) is 7.05 Å². The van der Waals surface area contributed by atoms with E-state index >= 15 is 0 Å². The van der Waals surface area contributed by atoms with Gasteiger partial charge in [0.15, 0.2) is 0 Å². The summed E-state index contributed by atoms with van der Waals surface area (Å²) < 4.78 is 2.21. The van der Waals surface area contributed by atoms with Gasteiger partial charge in [-0.05, 0) is 34.9 Å². The van der Waals surface area contributed by atoms with Gasteiger partial charge in [0, 0.05) is 25.3 Å². The molecule has 0 radical (unpaired) electrons. The molecule has 0 bridgehead atoms. The Morgan fingerprint density at radius 1 is 1.19 bits per heavy atom. The number of imidazole rings is 1. The van der Waals surface area contributed by atoms with Crippen molar-refractivity contribution < 1.29 is 0 Å². The number of aryl methyl sites for hydroxylation is 1. The Bertz CT molecular complexity index is 396. The molecule has 1 fully saturated rings. The van der Waals surface area contributed by atoms with E-state index < -0.39 is 0 Å². The lowest BCUT2D eigenvalue weighted by molar-refractivity contribution is 0.162. The summed E-state index contributed by atoms with van der Waals surface area (Å²) >= 11 is 0. The van der Waals surface area contributed by atoms with Gasteiger partial charge in [-0.15, -0.1) is 0 Å². The minimum atomic E-state index is 0.312. The molecule has 1 saturated heterocycles. The smallest absolute Gasteiger partial charge is 0.141 e. The first-order valence-corrected chi connectivity index (χ1v) is 5.85. The molecule has 0 saturated carbocycles. The lowest BCUT2D eigenvalue weighted by Gasteiger charge is -2.25. The predicted octanol–water partition coefficient (Wildman–Crippen LogP) is 1.30. The predicted molar refractivity (Wildman–Crippen MR) is 65.3 cm³/mol. The normalized spacial score (nSPS) is 27.9. The van der Waals surface area contributed by atoms with Crippen molar-refractivity contribution in [1.29, 1.82) is 0 Å². The van der Waals surface area contributed by atoms with Crippen molar-refractivity contribution >= 4 is 0 Å². The minimum Gasteiger partial charge on any atom is -0.333 e. The van der Waals surface area contributed by atoms with Crippen molar-refractivity contribution in [3.63, 3.8) is 0 Å². The van der Waals surface area contributed by atoms with Gasteiger partial charge in [-0.1, -0.05) is 0 Å². The number of hydrogen-bond acceptors (Lipinski definition) is 3. The Morgan fingerprint density at radius 3 is 2.19 bits per heavy atom. The fourth-order valence-electron chi connectivity index (χ4n) is 2.55. The van der Waals surface area contributed by atoms with E-state index in [1.54, 1.807) is 0 Å². The Kier molecular flexibility index (Phi) is 2.80. The SMILES string of the molecule is Cc1nc(C2N(C)CC(C)N2C)n(C)c1C. The van der Waals surface area contributed by atoms with E-state index in [0.29, 0.717) is 12.2 Å².